The topological polar surface area (TPSA) is 88.6 Å². The maximum absolute atomic E-state index is 11.3. The van der Waals surface area contributed by atoms with Crippen molar-refractivity contribution in [3.05, 3.63) is 23.3 Å². The van der Waals surface area contributed by atoms with E-state index >= 15 is 0 Å². The fourth-order valence-corrected chi connectivity index (χ4v) is 2.79. The summed E-state index contributed by atoms with van der Waals surface area (Å²) in [6.07, 6.45) is 2.86. The van der Waals surface area contributed by atoms with E-state index < -0.39 is 9.84 Å². The van der Waals surface area contributed by atoms with Crippen molar-refractivity contribution in [3.63, 3.8) is 0 Å². The zero-order valence-corrected chi connectivity index (χ0v) is 13.4. The average molecular weight is 306 g/mol. The summed E-state index contributed by atoms with van der Waals surface area (Å²) in [5.74, 6) is 0.795. The molecule has 0 saturated carbocycles. The standard InChI is InChI=1S/C14H18N4O2S/c1-9(2)13-12-11(7-15)8-18(5-6-21(4,19)20)14(12)17-10(3)16-13/h8-9H,5-6H2,1-4H3. The first kappa shape index (κ1) is 15.4. The molecule has 0 aliphatic carbocycles. The lowest BCUT2D eigenvalue weighted by atomic mass is 10.0. The number of aromatic nitrogens is 3. The van der Waals surface area contributed by atoms with Crippen LogP contribution >= 0.6 is 0 Å². The first-order valence-corrected chi connectivity index (χ1v) is 8.74. The van der Waals surface area contributed by atoms with Gasteiger partial charge in [-0.2, -0.15) is 5.26 Å². The molecular weight excluding hydrogens is 288 g/mol. The molecule has 0 amide bonds. The molecule has 7 heteroatoms. The SMILES string of the molecule is Cc1nc(C(C)C)c2c(C#N)cn(CCS(C)(=O)=O)c2n1. The first-order chi connectivity index (χ1) is 9.73. The fraction of sp³-hybridized carbons (Fsp3) is 0.500. The number of hydrogen-bond acceptors (Lipinski definition) is 5. The van der Waals surface area contributed by atoms with Crippen LogP contribution in [0, 0.1) is 18.3 Å². The first-order valence-electron chi connectivity index (χ1n) is 6.68. The maximum atomic E-state index is 11.3. The third-order valence-corrected chi connectivity index (χ3v) is 4.15. The van der Waals surface area contributed by atoms with Crippen molar-refractivity contribution in [2.45, 2.75) is 33.2 Å². The van der Waals surface area contributed by atoms with Crippen LogP contribution in [0.2, 0.25) is 0 Å². The summed E-state index contributed by atoms with van der Waals surface area (Å²) < 4.78 is 24.4. The summed E-state index contributed by atoms with van der Waals surface area (Å²) in [5.41, 5.74) is 1.95. The van der Waals surface area contributed by atoms with Crippen molar-refractivity contribution < 1.29 is 8.42 Å². The van der Waals surface area contributed by atoms with Gasteiger partial charge in [0.1, 0.15) is 27.4 Å². The van der Waals surface area contributed by atoms with Gasteiger partial charge < -0.3 is 4.57 Å². The van der Waals surface area contributed by atoms with Crippen molar-refractivity contribution in [1.82, 2.24) is 14.5 Å². The molecule has 0 aliphatic rings. The highest BCUT2D eigenvalue weighted by molar-refractivity contribution is 7.90. The number of aryl methyl sites for hydroxylation is 2. The number of nitrogens with zero attached hydrogens (tertiary/aromatic N) is 4. The maximum Gasteiger partial charge on any atom is 0.149 e. The molecule has 0 unspecified atom stereocenters. The second kappa shape index (κ2) is 5.45. The van der Waals surface area contributed by atoms with E-state index in [-0.39, 0.29) is 18.2 Å². The van der Waals surface area contributed by atoms with Gasteiger partial charge >= 0.3 is 0 Å². The highest BCUT2D eigenvalue weighted by atomic mass is 32.2. The Bertz CT molecular complexity index is 829. The lowest BCUT2D eigenvalue weighted by Gasteiger charge is -2.09. The average Bonchev–Trinajstić information content (AvgIpc) is 2.72. The van der Waals surface area contributed by atoms with Gasteiger partial charge in [0.15, 0.2) is 0 Å². The molecule has 2 heterocycles. The number of rotatable bonds is 4. The molecule has 2 aromatic rings. The van der Waals surface area contributed by atoms with Crippen LogP contribution < -0.4 is 0 Å². The van der Waals surface area contributed by atoms with Crippen LogP contribution in [0.15, 0.2) is 6.20 Å². The van der Waals surface area contributed by atoms with E-state index in [9.17, 15) is 13.7 Å². The van der Waals surface area contributed by atoms with E-state index in [0.29, 0.717) is 17.0 Å². The number of fused-ring (bicyclic) bond motifs is 1. The quantitative estimate of drug-likeness (QED) is 0.859. The minimum Gasteiger partial charge on any atom is -0.330 e. The summed E-state index contributed by atoms with van der Waals surface area (Å²) in [4.78, 5) is 8.83. The lowest BCUT2D eigenvalue weighted by Crippen LogP contribution is -2.11. The molecule has 0 atom stereocenters. The smallest absolute Gasteiger partial charge is 0.149 e. The minimum absolute atomic E-state index is 0.0156. The van der Waals surface area contributed by atoms with Crippen LogP contribution in [0.5, 0.6) is 0 Å². The Hall–Kier alpha value is -1.94. The van der Waals surface area contributed by atoms with Gasteiger partial charge in [0.2, 0.25) is 0 Å². The molecule has 0 bridgehead atoms. The highest BCUT2D eigenvalue weighted by Crippen LogP contribution is 2.27. The Kier molecular flexibility index (Phi) is 4.01. The van der Waals surface area contributed by atoms with Crippen molar-refractivity contribution in [1.29, 1.82) is 5.26 Å². The largest absolute Gasteiger partial charge is 0.330 e. The molecule has 2 aromatic heterocycles. The summed E-state index contributed by atoms with van der Waals surface area (Å²) in [6, 6.07) is 2.15. The van der Waals surface area contributed by atoms with Gasteiger partial charge in [-0.05, 0) is 12.8 Å². The van der Waals surface area contributed by atoms with Crippen molar-refractivity contribution >= 4 is 20.9 Å². The molecule has 21 heavy (non-hydrogen) atoms. The van der Waals surface area contributed by atoms with Crippen molar-refractivity contribution in [3.8, 4) is 6.07 Å². The van der Waals surface area contributed by atoms with Crippen molar-refractivity contribution in [2.24, 2.45) is 0 Å². The normalized spacial score (nSPS) is 12.0. The molecule has 0 N–H and O–H groups in total. The van der Waals surface area contributed by atoms with Gasteiger partial charge in [-0.1, -0.05) is 13.8 Å². The van der Waals surface area contributed by atoms with Gasteiger partial charge in [0, 0.05) is 19.0 Å². The van der Waals surface area contributed by atoms with Crippen LogP contribution in [-0.2, 0) is 16.4 Å². The van der Waals surface area contributed by atoms with Gasteiger partial charge in [0.25, 0.3) is 0 Å². The molecule has 112 valence electrons. The molecular formula is C14H18N4O2S. The van der Waals surface area contributed by atoms with Gasteiger partial charge in [-0.15, -0.1) is 0 Å². The van der Waals surface area contributed by atoms with Crippen LogP contribution in [0.1, 0.15) is 36.8 Å². The highest BCUT2D eigenvalue weighted by Gasteiger charge is 2.18. The van der Waals surface area contributed by atoms with E-state index in [1.54, 1.807) is 17.7 Å². The Morgan fingerprint density at radius 1 is 1.38 bits per heavy atom. The number of nitriles is 1. The van der Waals surface area contributed by atoms with E-state index in [2.05, 4.69) is 16.0 Å². The summed E-state index contributed by atoms with van der Waals surface area (Å²) in [7, 11) is -3.07. The fourth-order valence-electron chi connectivity index (χ4n) is 2.26. The molecule has 0 aromatic carbocycles. The summed E-state index contributed by atoms with van der Waals surface area (Å²) in [5, 5.41) is 10.0. The van der Waals surface area contributed by atoms with E-state index in [1.807, 2.05) is 13.8 Å². The predicted octanol–water partition coefficient (Wildman–Crippen LogP) is 1.78. The predicted molar refractivity (Wildman–Crippen MR) is 80.8 cm³/mol. The van der Waals surface area contributed by atoms with Crippen molar-refractivity contribution in [2.75, 3.05) is 12.0 Å². The molecule has 2 rings (SSSR count). The molecule has 0 aliphatic heterocycles. The van der Waals surface area contributed by atoms with Crippen LogP contribution in [0.3, 0.4) is 0 Å². The monoisotopic (exact) mass is 306 g/mol. The molecule has 0 spiro atoms. The Morgan fingerprint density at radius 2 is 2.05 bits per heavy atom. The van der Waals surface area contributed by atoms with E-state index in [0.717, 1.165) is 11.1 Å². The zero-order chi connectivity index (χ0) is 15.8. The number of hydrogen-bond donors (Lipinski definition) is 0. The Labute approximate surface area is 124 Å². The lowest BCUT2D eigenvalue weighted by molar-refractivity contribution is 0.595. The Morgan fingerprint density at radius 3 is 2.57 bits per heavy atom. The third-order valence-electron chi connectivity index (χ3n) is 3.23. The van der Waals surface area contributed by atoms with Crippen LogP contribution in [-0.4, -0.2) is 35.0 Å². The summed E-state index contributed by atoms with van der Waals surface area (Å²) in [6.45, 7) is 6.10. The zero-order valence-electron chi connectivity index (χ0n) is 12.6. The molecule has 0 fully saturated rings. The van der Waals surface area contributed by atoms with Gasteiger partial charge in [-0.25, -0.2) is 18.4 Å². The third kappa shape index (κ3) is 3.22. The van der Waals surface area contributed by atoms with Gasteiger partial charge in [-0.3, -0.25) is 0 Å². The Balaban J connectivity index is 2.66. The second-order valence-electron chi connectivity index (χ2n) is 5.49. The molecule has 6 nitrogen and oxygen atoms in total. The summed E-state index contributed by atoms with van der Waals surface area (Å²) >= 11 is 0. The van der Waals surface area contributed by atoms with E-state index in [4.69, 9.17) is 0 Å². The van der Waals surface area contributed by atoms with Crippen LogP contribution in [0.25, 0.3) is 11.0 Å². The minimum atomic E-state index is -3.07. The van der Waals surface area contributed by atoms with Crippen LogP contribution in [0.4, 0.5) is 0 Å². The van der Waals surface area contributed by atoms with E-state index in [1.165, 1.54) is 6.26 Å². The molecule has 0 radical (unpaired) electrons. The number of sulfone groups is 1. The second-order valence-corrected chi connectivity index (χ2v) is 7.75. The molecule has 0 saturated heterocycles. The van der Waals surface area contributed by atoms with Gasteiger partial charge in [0.05, 0.1) is 22.4 Å².